The molecule has 33 heavy (non-hydrogen) atoms. The van der Waals surface area contributed by atoms with Crippen LogP contribution in [0.3, 0.4) is 0 Å². The monoisotopic (exact) mass is 525 g/mol. The molecule has 0 aliphatic heterocycles. The molecule has 0 aliphatic carbocycles. The van der Waals surface area contributed by atoms with Crippen molar-refractivity contribution in [2.24, 2.45) is 0 Å². The summed E-state index contributed by atoms with van der Waals surface area (Å²) < 4.78 is 0. The molecule has 0 saturated carbocycles. The van der Waals surface area contributed by atoms with Crippen LogP contribution in [0.25, 0.3) is 0 Å². The van der Waals surface area contributed by atoms with Crippen LogP contribution in [-0.4, -0.2) is 13.3 Å². The summed E-state index contributed by atoms with van der Waals surface area (Å²) >= 11 is -1.36. The molecule has 0 unspecified atom stereocenters. The zero-order valence-electron chi connectivity index (χ0n) is 24.2. The first-order valence-electron chi connectivity index (χ1n) is 15.9. The van der Waals surface area contributed by atoms with Crippen molar-refractivity contribution >= 4 is 13.3 Å². The topological polar surface area (TPSA) is 0 Å². The number of hydrogen-bond donors (Lipinski definition) is 0. The van der Waals surface area contributed by atoms with Gasteiger partial charge in [-0.3, -0.25) is 0 Å². The van der Waals surface area contributed by atoms with Gasteiger partial charge in [0.05, 0.1) is 0 Å². The summed E-state index contributed by atoms with van der Waals surface area (Å²) in [5.41, 5.74) is 0. The molecule has 0 aromatic rings. The molecule has 0 saturated heterocycles. The standard InChI is InChI=1S/C32H67Ge/c1-5-6-7-8-9-10-11-12-13-14-15-16-17-18-19-20-21-22-23-24-25-26-27-28-29-30-31-32-33(2,3)4/h32H,5-31H2,1-4H3. The van der Waals surface area contributed by atoms with Crippen LogP contribution < -0.4 is 0 Å². The van der Waals surface area contributed by atoms with E-state index < -0.39 is 13.3 Å². The Morgan fingerprint density at radius 3 is 0.758 bits per heavy atom. The number of rotatable bonds is 28. The average Bonchev–Trinajstić information content (AvgIpc) is 2.78. The van der Waals surface area contributed by atoms with E-state index in [4.69, 9.17) is 0 Å². The second-order valence-corrected chi connectivity index (χ2v) is 23.0. The molecule has 0 amide bonds. The summed E-state index contributed by atoms with van der Waals surface area (Å²) in [5, 5.41) is 2.68. The van der Waals surface area contributed by atoms with Crippen molar-refractivity contribution in [3.8, 4) is 0 Å². The van der Waals surface area contributed by atoms with Crippen molar-refractivity contribution in [3.05, 3.63) is 5.25 Å². The van der Waals surface area contributed by atoms with Crippen molar-refractivity contribution in [1.29, 1.82) is 0 Å². The molecule has 0 aromatic heterocycles. The van der Waals surface area contributed by atoms with E-state index in [9.17, 15) is 0 Å². The van der Waals surface area contributed by atoms with E-state index in [0.29, 0.717) is 0 Å². The molecule has 0 aliphatic rings. The SMILES string of the molecule is CCCCCCCCCCCCCCCCCCCCCCCCCCCC[CH][Ge]([CH3])([CH3])[CH3]. The molecule has 0 spiro atoms. The Hall–Kier alpha value is 0.543. The van der Waals surface area contributed by atoms with Gasteiger partial charge in [-0.15, -0.1) is 0 Å². The van der Waals surface area contributed by atoms with Crippen LogP contribution in [0.5, 0.6) is 0 Å². The van der Waals surface area contributed by atoms with Crippen LogP contribution in [0, 0.1) is 5.25 Å². The van der Waals surface area contributed by atoms with Gasteiger partial charge in [0.15, 0.2) is 0 Å². The summed E-state index contributed by atoms with van der Waals surface area (Å²) in [6, 6.07) is 0. The number of hydrogen-bond acceptors (Lipinski definition) is 0. The van der Waals surface area contributed by atoms with E-state index in [0.717, 1.165) is 0 Å². The van der Waals surface area contributed by atoms with Gasteiger partial charge < -0.3 is 0 Å². The third kappa shape index (κ3) is 32.5. The van der Waals surface area contributed by atoms with Crippen molar-refractivity contribution in [2.45, 2.75) is 198 Å². The Bertz CT molecular complexity index is 343. The maximum atomic E-state index is 2.68. The normalized spacial score (nSPS) is 12.0. The summed E-state index contributed by atoms with van der Waals surface area (Å²) in [5.74, 6) is 7.50. The molecule has 0 fully saturated rings. The predicted octanol–water partition coefficient (Wildman–Crippen LogP) is 12.6. The van der Waals surface area contributed by atoms with Crippen LogP contribution in [0.4, 0.5) is 0 Å². The van der Waals surface area contributed by atoms with E-state index in [1.807, 2.05) is 0 Å². The van der Waals surface area contributed by atoms with Gasteiger partial charge >= 0.3 is 106 Å². The molecule has 0 N–H and O–H groups in total. The Morgan fingerprint density at radius 2 is 0.545 bits per heavy atom. The molecule has 1 heteroatoms. The molecule has 1 radical (unpaired) electrons. The fourth-order valence-electron chi connectivity index (χ4n) is 5.00. The Labute approximate surface area is 215 Å². The first kappa shape index (κ1) is 33.5. The zero-order chi connectivity index (χ0) is 24.3. The molecule has 0 bridgehead atoms. The first-order valence-corrected chi connectivity index (χ1v) is 23.4. The van der Waals surface area contributed by atoms with Crippen LogP contribution in [-0.2, 0) is 0 Å². The quantitative estimate of drug-likeness (QED) is 0.0705. The van der Waals surface area contributed by atoms with E-state index in [1.165, 1.54) is 173 Å². The van der Waals surface area contributed by atoms with Gasteiger partial charge in [-0.05, 0) is 0 Å². The Morgan fingerprint density at radius 1 is 0.333 bits per heavy atom. The molecule has 0 aromatic carbocycles. The molecule has 0 nitrogen and oxygen atoms in total. The average molecular weight is 524 g/mol. The van der Waals surface area contributed by atoms with E-state index in [1.54, 1.807) is 0 Å². The zero-order valence-corrected chi connectivity index (χ0v) is 26.3. The van der Waals surface area contributed by atoms with Crippen LogP contribution in [0.15, 0.2) is 0 Å². The van der Waals surface area contributed by atoms with Crippen molar-refractivity contribution in [3.63, 3.8) is 0 Å². The summed E-state index contributed by atoms with van der Waals surface area (Å²) in [6.07, 6.45) is 39.9. The third-order valence-corrected chi connectivity index (χ3v) is 10.5. The maximum absolute atomic E-state index is 2.68. The van der Waals surface area contributed by atoms with Gasteiger partial charge in [-0.2, -0.15) is 0 Å². The van der Waals surface area contributed by atoms with Crippen LogP contribution >= 0.6 is 0 Å². The predicted molar refractivity (Wildman–Crippen MR) is 158 cm³/mol. The molecule has 0 heterocycles. The first-order chi connectivity index (χ1) is 16.1. The Balaban J connectivity index is 3.03. The van der Waals surface area contributed by atoms with Gasteiger partial charge in [0.2, 0.25) is 0 Å². The second kappa shape index (κ2) is 27.1. The summed E-state index contributed by atoms with van der Waals surface area (Å²) in [7, 11) is 0. The summed E-state index contributed by atoms with van der Waals surface area (Å²) in [4.78, 5) is 0. The third-order valence-electron chi connectivity index (χ3n) is 7.31. The van der Waals surface area contributed by atoms with Crippen molar-refractivity contribution < 1.29 is 0 Å². The second-order valence-electron chi connectivity index (χ2n) is 12.2. The van der Waals surface area contributed by atoms with E-state index in [2.05, 4.69) is 29.4 Å². The fourth-order valence-corrected chi connectivity index (χ4v) is 7.24. The van der Waals surface area contributed by atoms with E-state index >= 15 is 0 Å². The fraction of sp³-hybridized carbons (Fsp3) is 0.969. The minimum absolute atomic E-state index is 1.36. The van der Waals surface area contributed by atoms with Crippen LogP contribution in [0.2, 0.25) is 17.3 Å². The van der Waals surface area contributed by atoms with E-state index in [-0.39, 0.29) is 0 Å². The Kier molecular flexibility index (Phi) is 27.6. The minimum atomic E-state index is -1.36. The van der Waals surface area contributed by atoms with Gasteiger partial charge in [0.1, 0.15) is 0 Å². The molecule has 0 atom stereocenters. The van der Waals surface area contributed by atoms with Crippen LogP contribution in [0.1, 0.15) is 180 Å². The van der Waals surface area contributed by atoms with Gasteiger partial charge in [0, 0.05) is 0 Å². The van der Waals surface area contributed by atoms with Gasteiger partial charge in [-0.1, -0.05) is 110 Å². The molecular weight excluding hydrogens is 457 g/mol. The summed E-state index contributed by atoms with van der Waals surface area (Å²) in [6.45, 7) is 2.31. The van der Waals surface area contributed by atoms with Crippen molar-refractivity contribution in [1.82, 2.24) is 0 Å². The molecule has 199 valence electrons. The van der Waals surface area contributed by atoms with Crippen molar-refractivity contribution in [2.75, 3.05) is 0 Å². The van der Waals surface area contributed by atoms with Gasteiger partial charge in [-0.25, -0.2) is 0 Å². The number of unbranched alkanes of at least 4 members (excludes halogenated alkanes) is 26. The van der Waals surface area contributed by atoms with Gasteiger partial charge in [0.25, 0.3) is 0 Å². The molecule has 0 rings (SSSR count). The molecular formula is C32H67Ge.